The highest BCUT2D eigenvalue weighted by Gasteiger charge is 2.22. The lowest BCUT2D eigenvalue weighted by molar-refractivity contribution is 0.0343. The Hall–Kier alpha value is -1.84. The Bertz CT molecular complexity index is 966. The van der Waals surface area contributed by atoms with E-state index in [4.69, 9.17) is 42.7 Å². The molecule has 1 fully saturated rings. The summed E-state index contributed by atoms with van der Waals surface area (Å²) >= 11 is 12.6. The van der Waals surface area contributed by atoms with Crippen LogP contribution in [0.4, 0.5) is 5.69 Å². The molecule has 10 heteroatoms. The molecule has 3 rings (SSSR count). The molecule has 1 aromatic heterocycles. The van der Waals surface area contributed by atoms with E-state index in [1.165, 1.54) is 19.9 Å². The standard InChI is InChI=1S/C24H31BCl2N3O4/c1-15(22-18(26)11-29-12-19(22)27)34-16-7-8-20(30-21-6-4-5-9-32-21)17(10-16)23(28)25-33-14-24(2,3)13-31/h7-8,10-12,15,21,28,30-31H,4-6,9,13-14H2,1-3H3/t15-,21?/m1/s1. The predicted molar refractivity (Wildman–Crippen MR) is 136 cm³/mol. The SMILES string of the molecule is C[C@@H](Oc1ccc(NC2CCCCO2)c(C(=N)[B]OCC(C)(C)CO)c1)c1c(Cl)cncc1Cl. The van der Waals surface area contributed by atoms with E-state index in [9.17, 15) is 5.11 Å². The van der Waals surface area contributed by atoms with Crippen molar-refractivity contribution in [2.75, 3.05) is 25.1 Å². The molecule has 0 amide bonds. The first-order valence-electron chi connectivity index (χ1n) is 11.3. The van der Waals surface area contributed by atoms with Crippen LogP contribution in [0.25, 0.3) is 0 Å². The van der Waals surface area contributed by atoms with Gasteiger partial charge in [-0.3, -0.25) is 4.98 Å². The Balaban J connectivity index is 1.80. The Morgan fingerprint density at radius 3 is 2.71 bits per heavy atom. The summed E-state index contributed by atoms with van der Waals surface area (Å²) in [5.41, 5.74) is 1.77. The molecule has 2 atom stereocenters. The molecule has 3 N–H and O–H groups in total. The molecule has 1 aliphatic heterocycles. The molecule has 0 spiro atoms. The average Bonchev–Trinajstić information content (AvgIpc) is 2.80. The van der Waals surface area contributed by atoms with Gasteiger partial charge < -0.3 is 30.0 Å². The maximum absolute atomic E-state index is 9.45. The molecule has 1 unspecified atom stereocenters. The number of aliphatic hydroxyl groups excluding tert-OH is 1. The minimum Gasteiger partial charge on any atom is -0.486 e. The van der Waals surface area contributed by atoms with Crippen molar-refractivity contribution < 1.29 is 19.2 Å². The number of nitrogens with one attached hydrogen (secondary N) is 2. The number of benzene rings is 1. The quantitative estimate of drug-likeness (QED) is 0.277. The van der Waals surface area contributed by atoms with Crippen LogP contribution >= 0.6 is 23.2 Å². The number of aromatic nitrogens is 1. The van der Waals surface area contributed by atoms with E-state index in [-0.39, 0.29) is 25.1 Å². The maximum atomic E-state index is 9.45. The molecule has 1 radical (unpaired) electrons. The Labute approximate surface area is 211 Å². The van der Waals surface area contributed by atoms with Gasteiger partial charge in [-0.05, 0) is 44.4 Å². The zero-order valence-electron chi connectivity index (χ0n) is 19.7. The number of rotatable bonds is 11. The van der Waals surface area contributed by atoms with Gasteiger partial charge in [0.05, 0.1) is 16.7 Å². The summed E-state index contributed by atoms with van der Waals surface area (Å²) in [5.74, 6) is 0.551. The van der Waals surface area contributed by atoms with Gasteiger partial charge >= 0.3 is 7.48 Å². The molecule has 2 heterocycles. The lowest BCUT2D eigenvalue weighted by Gasteiger charge is -2.26. The van der Waals surface area contributed by atoms with Crippen LogP contribution in [-0.4, -0.2) is 49.2 Å². The minimum absolute atomic E-state index is 0.0126. The lowest BCUT2D eigenvalue weighted by atomic mass is 9.84. The van der Waals surface area contributed by atoms with Crippen LogP contribution in [0.15, 0.2) is 30.6 Å². The van der Waals surface area contributed by atoms with Crippen molar-refractivity contribution in [1.82, 2.24) is 4.98 Å². The molecule has 1 saturated heterocycles. The number of halogens is 2. The number of hydrogen-bond acceptors (Lipinski definition) is 7. The van der Waals surface area contributed by atoms with Crippen LogP contribution < -0.4 is 10.1 Å². The van der Waals surface area contributed by atoms with Gasteiger partial charge in [0.2, 0.25) is 0 Å². The van der Waals surface area contributed by atoms with E-state index >= 15 is 0 Å². The van der Waals surface area contributed by atoms with Crippen molar-refractivity contribution in [3.05, 3.63) is 51.8 Å². The Morgan fingerprint density at radius 2 is 2.06 bits per heavy atom. The summed E-state index contributed by atoms with van der Waals surface area (Å²) in [6.07, 6.45) is 5.54. The molecule has 183 valence electrons. The van der Waals surface area contributed by atoms with Crippen molar-refractivity contribution >= 4 is 42.0 Å². The predicted octanol–water partition coefficient (Wildman–Crippen LogP) is 5.45. The van der Waals surface area contributed by atoms with Gasteiger partial charge in [0, 0.05) is 53.4 Å². The van der Waals surface area contributed by atoms with Gasteiger partial charge in [0.15, 0.2) is 0 Å². The number of nitrogens with zero attached hydrogens (tertiary/aromatic N) is 1. The third-order valence-electron chi connectivity index (χ3n) is 5.49. The van der Waals surface area contributed by atoms with Gasteiger partial charge in [-0.15, -0.1) is 0 Å². The number of anilines is 1. The monoisotopic (exact) mass is 506 g/mol. The smallest absolute Gasteiger partial charge is 0.351 e. The molecule has 1 aromatic carbocycles. The summed E-state index contributed by atoms with van der Waals surface area (Å²) in [6, 6.07) is 5.48. The molecule has 7 nitrogen and oxygen atoms in total. The van der Waals surface area contributed by atoms with Crippen molar-refractivity contribution in [2.45, 2.75) is 52.4 Å². The first kappa shape index (κ1) is 26.8. The fourth-order valence-corrected chi connectivity index (χ4v) is 4.18. The van der Waals surface area contributed by atoms with E-state index < -0.39 is 11.5 Å². The number of pyridine rings is 1. The summed E-state index contributed by atoms with van der Waals surface area (Å²) in [4.78, 5) is 3.99. The Morgan fingerprint density at radius 1 is 1.32 bits per heavy atom. The molecular formula is C24H31BCl2N3O4. The van der Waals surface area contributed by atoms with Crippen molar-refractivity contribution in [2.24, 2.45) is 5.41 Å². The van der Waals surface area contributed by atoms with E-state index in [0.717, 1.165) is 24.9 Å². The number of aliphatic hydroxyl groups is 1. The lowest BCUT2D eigenvalue weighted by Crippen LogP contribution is -2.29. The summed E-state index contributed by atoms with van der Waals surface area (Å²) in [7, 11) is 1.39. The van der Waals surface area contributed by atoms with Crippen LogP contribution in [0.3, 0.4) is 0 Å². The normalized spacial score (nSPS) is 17.2. The van der Waals surface area contributed by atoms with Crippen molar-refractivity contribution in [1.29, 1.82) is 5.41 Å². The highest BCUT2D eigenvalue weighted by atomic mass is 35.5. The van der Waals surface area contributed by atoms with Gasteiger partial charge in [-0.1, -0.05) is 37.0 Å². The number of ether oxygens (including phenoxy) is 2. The fourth-order valence-electron chi connectivity index (χ4n) is 3.51. The van der Waals surface area contributed by atoms with Crippen LogP contribution in [0.2, 0.25) is 10.0 Å². The summed E-state index contributed by atoms with van der Waals surface area (Å²) in [6.45, 7) is 6.62. The van der Waals surface area contributed by atoms with E-state index in [1.807, 2.05) is 32.9 Å². The van der Waals surface area contributed by atoms with Gasteiger partial charge in [0.25, 0.3) is 0 Å². The van der Waals surface area contributed by atoms with Gasteiger partial charge in [-0.2, -0.15) is 0 Å². The minimum atomic E-state index is -0.434. The van der Waals surface area contributed by atoms with E-state index in [1.54, 1.807) is 6.07 Å². The summed E-state index contributed by atoms with van der Waals surface area (Å²) in [5, 5.41) is 22.3. The van der Waals surface area contributed by atoms with Crippen LogP contribution in [0, 0.1) is 10.8 Å². The second-order valence-electron chi connectivity index (χ2n) is 9.15. The van der Waals surface area contributed by atoms with E-state index in [2.05, 4.69) is 10.3 Å². The maximum Gasteiger partial charge on any atom is 0.351 e. The molecule has 0 bridgehead atoms. The first-order chi connectivity index (χ1) is 16.2. The largest absolute Gasteiger partial charge is 0.486 e. The van der Waals surface area contributed by atoms with Crippen molar-refractivity contribution in [3.8, 4) is 5.75 Å². The average molecular weight is 507 g/mol. The molecule has 0 aliphatic carbocycles. The molecule has 2 aromatic rings. The molecule has 0 saturated carbocycles. The van der Waals surface area contributed by atoms with E-state index in [0.29, 0.717) is 33.5 Å². The third-order valence-corrected chi connectivity index (χ3v) is 6.09. The Kier molecular flexibility index (Phi) is 9.62. The highest BCUT2D eigenvalue weighted by Crippen LogP contribution is 2.34. The second-order valence-corrected chi connectivity index (χ2v) is 9.96. The summed E-state index contributed by atoms with van der Waals surface area (Å²) < 4.78 is 17.6. The first-order valence-corrected chi connectivity index (χ1v) is 12.1. The highest BCUT2D eigenvalue weighted by molar-refractivity contribution is 6.74. The third kappa shape index (κ3) is 7.33. The zero-order valence-corrected chi connectivity index (χ0v) is 21.2. The number of hydrogen-bond donors (Lipinski definition) is 3. The topological polar surface area (TPSA) is 96.7 Å². The molecule has 1 aliphatic rings. The molecular weight excluding hydrogens is 476 g/mol. The van der Waals surface area contributed by atoms with Crippen LogP contribution in [-0.2, 0) is 9.39 Å². The van der Waals surface area contributed by atoms with Gasteiger partial charge in [0.1, 0.15) is 18.1 Å². The van der Waals surface area contributed by atoms with Gasteiger partial charge in [-0.25, -0.2) is 0 Å². The van der Waals surface area contributed by atoms with Crippen molar-refractivity contribution in [3.63, 3.8) is 0 Å². The second kappa shape index (κ2) is 12.2. The van der Waals surface area contributed by atoms with Crippen LogP contribution in [0.5, 0.6) is 5.75 Å². The van der Waals surface area contributed by atoms with Crippen LogP contribution in [0.1, 0.15) is 57.3 Å². The zero-order chi connectivity index (χ0) is 24.7. The molecule has 34 heavy (non-hydrogen) atoms. The fraction of sp³-hybridized carbons (Fsp3) is 0.500.